The van der Waals surface area contributed by atoms with Gasteiger partial charge in [-0.2, -0.15) is 0 Å². The van der Waals surface area contributed by atoms with Crippen LogP contribution in [0.4, 0.5) is 0 Å². The summed E-state index contributed by atoms with van der Waals surface area (Å²) in [6, 6.07) is 8.80. The normalized spacial score (nSPS) is 17.8. The van der Waals surface area contributed by atoms with Gasteiger partial charge in [0.2, 0.25) is 0 Å². The van der Waals surface area contributed by atoms with Gasteiger partial charge in [-0.3, -0.25) is 0 Å². The van der Waals surface area contributed by atoms with Gasteiger partial charge in [-0.25, -0.2) is 0 Å². The summed E-state index contributed by atoms with van der Waals surface area (Å²) in [5.41, 5.74) is 3.24. The fourth-order valence-corrected chi connectivity index (χ4v) is 2.65. The first-order valence-corrected chi connectivity index (χ1v) is 6.65. The minimum absolute atomic E-state index is 0.527. The molecule has 0 unspecified atom stereocenters. The van der Waals surface area contributed by atoms with E-state index in [2.05, 4.69) is 48.9 Å². The lowest BCUT2D eigenvalue weighted by atomic mass is 9.68. The molecule has 2 N–H and O–H groups in total. The van der Waals surface area contributed by atoms with Gasteiger partial charge >= 0.3 is 0 Å². The van der Waals surface area contributed by atoms with Gasteiger partial charge in [-0.15, -0.1) is 0 Å². The molecule has 1 fully saturated rings. The van der Waals surface area contributed by atoms with Crippen LogP contribution in [0.25, 0.3) is 0 Å². The molecule has 0 radical (unpaired) electrons. The lowest BCUT2D eigenvalue weighted by Gasteiger charge is -2.42. The predicted molar refractivity (Wildman–Crippen MR) is 73.1 cm³/mol. The van der Waals surface area contributed by atoms with Crippen LogP contribution in [0, 0.1) is 12.3 Å². The molecular formula is C15H24N2. The van der Waals surface area contributed by atoms with Crippen LogP contribution < -0.4 is 10.6 Å². The first kappa shape index (κ1) is 12.6. The number of nitrogens with one attached hydrogen (secondary N) is 2. The number of hydrogen-bond donors (Lipinski definition) is 2. The van der Waals surface area contributed by atoms with Crippen LogP contribution in [0.5, 0.6) is 0 Å². The smallest absolute Gasteiger partial charge is 0.0205 e. The lowest BCUT2D eigenvalue weighted by Crippen LogP contribution is -2.46. The summed E-state index contributed by atoms with van der Waals surface area (Å²) < 4.78 is 0. The van der Waals surface area contributed by atoms with Crippen LogP contribution in [0.3, 0.4) is 0 Å². The van der Waals surface area contributed by atoms with Crippen molar-refractivity contribution in [2.24, 2.45) is 5.41 Å². The highest BCUT2D eigenvalue weighted by Crippen LogP contribution is 2.39. The Hall–Kier alpha value is -0.860. The Kier molecular flexibility index (Phi) is 4.19. The summed E-state index contributed by atoms with van der Waals surface area (Å²) in [5.74, 6) is 0. The molecule has 0 bridgehead atoms. The average molecular weight is 232 g/mol. The largest absolute Gasteiger partial charge is 0.319 e. The van der Waals surface area contributed by atoms with Crippen LogP contribution in [-0.2, 0) is 6.54 Å². The molecule has 1 saturated carbocycles. The highest BCUT2D eigenvalue weighted by Gasteiger charge is 2.35. The third kappa shape index (κ3) is 3.30. The highest BCUT2D eigenvalue weighted by molar-refractivity contribution is 5.21. The Morgan fingerprint density at radius 3 is 2.35 bits per heavy atom. The molecule has 94 valence electrons. The summed E-state index contributed by atoms with van der Waals surface area (Å²) in [5, 5.41) is 6.94. The topological polar surface area (TPSA) is 24.1 Å². The Bertz CT molecular complexity index is 338. The zero-order chi connectivity index (χ0) is 12.1. The first-order valence-electron chi connectivity index (χ1n) is 6.65. The van der Waals surface area contributed by atoms with Crippen molar-refractivity contribution in [2.75, 3.05) is 20.1 Å². The van der Waals surface area contributed by atoms with E-state index in [1.165, 1.54) is 30.4 Å². The summed E-state index contributed by atoms with van der Waals surface area (Å²) in [7, 11) is 2.06. The molecule has 0 aromatic heterocycles. The average Bonchev–Trinajstić information content (AvgIpc) is 2.28. The first-order chi connectivity index (χ1) is 8.24. The zero-order valence-corrected chi connectivity index (χ0v) is 11.1. The highest BCUT2D eigenvalue weighted by atomic mass is 14.9. The van der Waals surface area contributed by atoms with Gasteiger partial charge < -0.3 is 10.6 Å². The van der Waals surface area contributed by atoms with E-state index in [0.29, 0.717) is 5.41 Å². The molecule has 1 aliphatic rings. The lowest BCUT2D eigenvalue weighted by molar-refractivity contribution is 0.130. The van der Waals surface area contributed by atoms with Crippen LogP contribution in [-0.4, -0.2) is 20.1 Å². The van der Waals surface area contributed by atoms with E-state index in [9.17, 15) is 0 Å². The quantitative estimate of drug-likeness (QED) is 0.787. The predicted octanol–water partition coefficient (Wildman–Crippen LogP) is 2.47. The van der Waals surface area contributed by atoms with E-state index in [4.69, 9.17) is 0 Å². The summed E-state index contributed by atoms with van der Waals surface area (Å²) in [6.45, 7) is 5.41. The molecule has 0 amide bonds. The maximum absolute atomic E-state index is 3.61. The molecular weight excluding hydrogens is 208 g/mol. The summed E-state index contributed by atoms with van der Waals surface area (Å²) >= 11 is 0. The third-order valence-electron chi connectivity index (χ3n) is 3.92. The Morgan fingerprint density at radius 1 is 1.12 bits per heavy atom. The van der Waals surface area contributed by atoms with Crippen molar-refractivity contribution in [1.29, 1.82) is 0 Å². The van der Waals surface area contributed by atoms with Crippen molar-refractivity contribution in [2.45, 2.75) is 32.7 Å². The van der Waals surface area contributed by atoms with Gasteiger partial charge in [0.05, 0.1) is 0 Å². The molecule has 0 atom stereocenters. The maximum atomic E-state index is 3.61. The Morgan fingerprint density at radius 2 is 1.82 bits per heavy atom. The van der Waals surface area contributed by atoms with Crippen molar-refractivity contribution in [1.82, 2.24) is 10.6 Å². The van der Waals surface area contributed by atoms with Crippen LogP contribution >= 0.6 is 0 Å². The number of rotatable bonds is 6. The van der Waals surface area contributed by atoms with E-state index < -0.39 is 0 Å². The second-order valence-electron chi connectivity index (χ2n) is 5.47. The second kappa shape index (κ2) is 5.65. The molecule has 0 aliphatic heterocycles. The van der Waals surface area contributed by atoms with Crippen LogP contribution in [0.15, 0.2) is 24.3 Å². The van der Waals surface area contributed by atoms with Gasteiger partial charge in [0, 0.05) is 19.6 Å². The van der Waals surface area contributed by atoms with Crippen molar-refractivity contribution >= 4 is 0 Å². The molecule has 0 saturated heterocycles. The van der Waals surface area contributed by atoms with E-state index in [1.807, 2.05) is 0 Å². The molecule has 1 aromatic carbocycles. The number of aryl methyl sites for hydroxylation is 1. The molecule has 2 nitrogen and oxygen atoms in total. The van der Waals surface area contributed by atoms with Gasteiger partial charge in [0.15, 0.2) is 0 Å². The SMILES string of the molecule is CNCC1(CNCc2ccc(C)cc2)CCC1. The van der Waals surface area contributed by atoms with Crippen molar-refractivity contribution < 1.29 is 0 Å². The van der Waals surface area contributed by atoms with Crippen molar-refractivity contribution in [3.8, 4) is 0 Å². The Balaban J connectivity index is 1.77. The van der Waals surface area contributed by atoms with E-state index in [-0.39, 0.29) is 0 Å². The molecule has 2 rings (SSSR count). The molecule has 1 aliphatic carbocycles. The second-order valence-corrected chi connectivity index (χ2v) is 5.47. The third-order valence-corrected chi connectivity index (χ3v) is 3.92. The maximum Gasteiger partial charge on any atom is 0.0205 e. The Labute approximate surface area is 105 Å². The van der Waals surface area contributed by atoms with Gasteiger partial charge in [0.1, 0.15) is 0 Å². The van der Waals surface area contributed by atoms with Gasteiger partial charge in [0.25, 0.3) is 0 Å². The monoisotopic (exact) mass is 232 g/mol. The fraction of sp³-hybridized carbons (Fsp3) is 0.600. The molecule has 2 heteroatoms. The van der Waals surface area contributed by atoms with Crippen LogP contribution in [0.1, 0.15) is 30.4 Å². The number of benzene rings is 1. The van der Waals surface area contributed by atoms with Gasteiger partial charge in [-0.05, 0) is 37.8 Å². The fourth-order valence-electron chi connectivity index (χ4n) is 2.65. The van der Waals surface area contributed by atoms with Gasteiger partial charge in [-0.1, -0.05) is 36.2 Å². The molecule has 0 heterocycles. The summed E-state index contributed by atoms with van der Waals surface area (Å²) in [4.78, 5) is 0. The molecule has 1 aromatic rings. The molecule has 17 heavy (non-hydrogen) atoms. The van der Waals surface area contributed by atoms with E-state index in [0.717, 1.165) is 19.6 Å². The minimum Gasteiger partial charge on any atom is -0.319 e. The van der Waals surface area contributed by atoms with Crippen LogP contribution in [0.2, 0.25) is 0 Å². The standard InChI is InChI=1S/C15H24N2/c1-13-4-6-14(7-5-13)10-17-12-15(11-16-2)8-3-9-15/h4-7,16-17H,3,8-12H2,1-2H3. The van der Waals surface area contributed by atoms with Crippen molar-refractivity contribution in [3.63, 3.8) is 0 Å². The van der Waals surface area contributed by atoms with E-state index >= 15 is 0 Å². The molecule has 0 spiro atoms. The zero-order valence-electron chi connectivity index (χ0n) is 11.1. The van der Waals surface area contributed by atoms with E-state index in [1.54, 1.807) is 0 Å². The summed E-state index contributed by atoms with van der Waals surface area (Å²) in [6.07, 6.45) is 4.14. The number of hydrogen-bond acceptors (Lipinski definition) is 2. The van der Waals surface area contributed by atoms with Crippen molar-refractivity contribution in [3.05, 3.63) is 35.4 Å². The minimum atomic E-state index is 0.527.